The summed E-state index contributed by atoms with van der Waals surface area (Å²) in [7, 11) is 0. The van der Waals surface area contributed by atoms with Gasteiger partial charge >= 0.3 is 0 Å². The zero-order valence-electron chi connectivity index (χ0n) is 7.26. The van der Waals surface area contributed by atoms with Crippen molar-refractivity contribution >= 4 is 12.4 Å². The molecule has 0 unspecified atom stereocenters. The van der Waals surface area contributed by atoms with E-state index in [-0.39, 0.29) is 18.0 Å². The molecule has 0 amide bonds. The fraction of sp³-hybridized carbons (Fsp3) is 0.333. The maximum absolute atomic E-state index is 12.9. The van der Waals surface area contributed by atoms with Gasteiger partial charge in [-0.05, 0) is 6.92 Å². The van der Waals surface area contributed by atoms with E-state index < -0.39 is 12.5 Å². The van der Waals surface area contributed by atoms with Crippen LogP contribution < -0.4 is 5.73 Å². The molecular formula is C9H12ClF2N. The van der Waals surface area contributed by atoms with E-state index in [1.165, 1.54) is 12.1 Å². The summed E-state index contributed by atoms with van der Waals surface area (Å²) >= 11 is 0. The van der Waals surface area contributed by atoms with Crippen molar-refractivity contribution in [3.05, 3.63) is 35.4 Å². The number of hydrogen-bond donors (Lipinski definition) is 1. The van der Waals surface area contributed by atoms with E-state index in [4.69, 9.17) is 5.73 Å². The molecule has 0 bridgehead atoms. The molecule has 0 atom stereocenters. The van der Waals surface area contributed by atoms with E-state index in [0.717, 1.165) is 5.56 Å². The lowest BCUT2D eigenvalue weighted by Crippen LogP contribution is -2.24. The zero-order valence-corrected chi connectivity index (χ0v) is 8.07. The van der Waals surface area contributed by atoms with Crippen molar-refractivity contribution in [3.63, 3.8) is 0 Å². The van der Waals surface area contributed by atoms with Gasteiger partial charge in [-0.1, -0.05) is 29.8 Å². The van der Waals surface area contributed by atoms with Crippen LogP contribution in [0.5, 0.6) is 0 Å². The smallest absolute Gasteiger partial charge is 0.285 e. The molecule has 1 aromatic rings. The van der Waals surface area contributed by atoms with Crippen molar-refractivity contribution in [2.45, 2.75) is 12.8 Å². The van der Waals surface area contributed by atoms with Crippen molar-refractivity contribution in [1.82, 2.24) is 0 Å². The maximum atomic E-state index is 12.9. The first-order valence-electron chi connectivity index (χ1n) is 3.71. The summed E-state index contributed by atoms with van der Waals surface area (Å²) in [4.78, 5) is 0. The summed E-state index contributed by atoms with van der Waals surface area (Å²) in [6.45, 7) is 1.13. The highest BCUT2D eigenvalue weighted by molar-refractivity contribution is 5.85. The minimum absolute atomic E-state index is 0. The Bertz CT molecular complexity index is 276. The fourth-order valence-electron chi connectivity index (χ4n) is 0.990. The number of alkyl halides is 2. The van der Waals surface area contributed by atoms with Crippen LogP contribution in [0.2, 0.25) is 0 Å². The van der Waals surface area contributed by atoms with Crippen molar-refractivity contribution in [1.29, 1.82) is 0 Å². The Morgan fingerprint density at radius 2 is 2.00 bits per heavy atom. The van der Waals surface area contributed by atoms with Gasteiger partial charge in [0.1, 0.15) is 0 Å². The van der Waals surface area contributed by atoms with E-state index in [2.05, 4.69) is 0 Å². The van der Waals surface area contributed by atoms with E-state index >= 15 is 0 Å². The molecule has 2 N–H and O–H groups in total. The largest absolute Gasteiger partial charge is 0.325 e. The van der Waals surface area contributed by atoms with Crippen LogP contribution in [0.15, 0.2) is 24.3 Å². The molecule has 0 spiro atoms. The number of halogens is 3. The minimum Gasteiger partial charge on any atom is -0.325 e. The van der Waals surface area contributed by atoms with Crippen molar-refractivity contribution < 1.29 is 8.78 Å². The highest BCUT2D eigenvalue weighted by Gasteiger charge is 2.28. The Kier molecular flexibility index (Phi) is 4.30. The summed E-state index contributed by atoms with van der Waals surface area (Å²) in [5, 5.41) is 0. The summed E-state index contributed by atoms with van der Waals surface area (Å²) in [5.41, 5.74) is 5.75. The lowest BCUT2D eigenvalue weighted by Gasteiger charge is -2.14. The third kappa shape index (κ3) is 2.94. The average molecular weight is 208 g/mol. The third-order valence-electron chi connectivity index (χ3n) is 1.70. The topological polar surface area (TPSA) is 26.0 Å². The second-order valence-corrected chi connectivity index (χ2v) is 2.78. The number of hydrogen-bond acceptors (Lipinski definition) is 1. The number of aryl methyl sites for hydroxylation is 1. The summed E-state index contributed by atoms with van der Waals surface area (Å²) in [5.74, 6) is -2.90. The molecule has 0 heterocycles. The van der Waals surface area contributed by atoms with Crippen molar-refractivity contribution in [2.75, 3.05) is 6.54 Å². The van der Waals surface area contributed by atoms with Gasteiger partial charge in [0.25, 0.3) is 5.92 Å². The molecule has 0 saturated carbocycles. The van der Waals surface area contributed by atoms with Crippen LogP contribution in [0.1, 0.15) is 11.1 Å². The molecule has 13 heavy (non-hydrogen) atoms. The highest BCUT2D eigenvalue weighted by Crippen LogP contribution is 2.26. The van der Waals surface area contributed by atoms with E-state index in [1.54, 1.807) is 19.1 Å². The Labute approximate surface area is 82.4 Å². The summed E-state index contributed by atoms with van der Waals surface area (Å²) in [6.07, 6.45) is 0. The zero-order chi connectivity index (χ0) is 9.19. The van der Waals surface area contributed by atoms with Crippen LogP contribution in [-0.2, 0) is 5.92 Å². The van der Waals surface area contributed by atoms with Gasteiger partial charge in [-0.25, -0.2) is 0 Å². The Morgan fingerprint density at radius 3 is 2.46 bits per heavy atom. The molecule has 0 aliphatic rings. The van der Waals surface area contributed by atoms with Crippen LogP contribution in [0.4, 0.5) is 8.78 Å². The van der Waals surface area contributed by atoms with Gasteiger partial charge in [0.2, 0.25) is 0 Å². The lowest BCUT2D eigenvalue weighted by molar-refractivity contribution is 0.00590. The summed E-state index contributed by atoms with van der Waals surface area (Å²) < 4.78 is 25.9. The molecule has 0 aliphatic heterocycles. The van der Waals surface area contributed by atoms with Crippen LogP contribution in [-0.4, -0.2) is 6.54 Å². The average Bonchev–Trinajstić information content (AvgIpc) is 2.05. The second-order valence-electron chi connectivity index (χ2n) is 2.78. The number of rotatable bonds is 2. The summed E-state index contributed by atoms with van der Waals surface area (Å²) in [6, 6.07) is 6.22. The molecule has 0 radical (unpaired) electrons. The second kappa shape index (κ2) is 4.53. The fourth-order valence-corrected chi connectivity index (χ4v) is 0.990. The van der Waals surface area contributed by atoms with Gasteiger partial charge in [0.05, 0.1) is 6.54 Å². The van der Waals surface area contributed by atoms with E-state index in [0.29, 0.717) is 0 Å². The molecule has 0 saturated heterocycles. The molecule has 0 aliphatic carbocycles. The SMILES string of the molecule is Cc1cccc(C(F)(F)CN)c1.Cl. The first-order chi connectivity index (χ1) is 5.56. The first-order valence-corrected chi connectivity index (χ1v) is 3.71. The standard InChI is InChI=1S/C9H11F2N.ClH/c1-7-3-2-4-8(5-7)9(10,11)6-12;/h2-5H,6,12H2,1H3;1H. The Balaban J connectivity index is 0.00000144. The molecule has 74 valence electrons. The molecular weight excluding hydrogens is 196 g/mol. The molecule has 1 aromatic carbocycles. The third-order valence-corrected chi connectivity index (χ3v) is 1.70. The van der Waals surface area contributed by atoms with Crippen molar-refractivity contribution in [3.8, 4) is 0 Å². The normalized spacial score (nSPS) is 10.8. The van der Waals surface area contributed by atoms with Crippen LogP contribution in [0, 0.1) is 6.92 Å². The molecule has 0 fully saturated rings. The Hall–Kier alpha value is -0.670. The van der Waals surface area contributed by atoms with Gasteiger partial charge in [-0.15, -0.1) is 12.4 Å². The van der Waals surface area contributed by atoms with Gasteiger partial charge in [-0.3, -0.25) is 0 Å². The Morgan fingerprint density at radius 1 is 1.38 bits per heavy atom. The maximum Gasteiger partial charge on any atom is 0.285 e. The quantitative estimate of drug-likeness (QED) is 0.792. The molecule has 4 heteroatoms. The minimum atomic E-state index is -2.90. The van der Waals surface area contributed by atoms with Gasteiger partial charge in [0.15, 0.2) is 0 Å². The van der Waals surface area contributed by atoms with Gasteiger partial charge in [0, 0.05) is 5.56 Å². The number of nitrogens with two attached hydrogens (primary N) is 1. The van der Waals surface area contributed by atoms with Gasteiger partial charge < -0.3 is 5.73 Å². The van der Waals surface area contributed by atoms with E-state index in [1.807, 2.05) is 0 Å². The molecule has 1 rings (SSSR count). The molecule has 1 nitrogen and oxygen atoms in total. The molecule has 0 aromatic heterocycles. The predicted molar refractivity (Wildman–Crippen MR) is 51.4 cm³/mol. The van der Waals surface area contributed by atoms with Crippen LogP contribution in [0.25, 0.3) is 0 Å². The van der Waals surface area contributed by atoms with Crippen molar-refractivity contribution in [2.24, 2.45) is 5.73 Å². The van der Waals surface area contributed by atoms with Crippen LogP contribution in [0.3, 0.4) is 0 Å². The van der Waals surface area contributed by atoms with Crippen LogP contribution >= 0.6 is 12.4 Å². The predicted octanol–water partition coefficient (Wildman–Crippen LogP) is 2.47. The first kappa shape index (κ1) is 12.3. The monoisotopic (exact) mass is 207 g/mol. The lowest BCUT2D eigenvalue weighted by atomic mass is 10.1. The highest BCUT2D eigenvalue weighted by atomic mass is 35.5. The van der Waals surface area contributed by atoms with Gasteiger partial charge in [-0.2, -0.15) is 8.78 Å². The van der Waals surface area contributed by atoms with E-state index in [9.17, 15) is 8.78 Å². The number of benzene rings is 1.